The number of furan rings is 1. The SMILES string of the molecule is CN(CCN)Cc1cc(-c2ccco2)on1. The molecule has 5 nitrogen and oxygen atoms in total. The first-order chi connectivity index (χ1) is 7.79. The van der Waals surface area contributed by atoms with Crippen LogP contribution in [0.5, 0.6) is 0 Å². The minimum Gasteiger partial charge on any atom is -0.461 e. The van der Waals surface area contributed by atoms with Gasteiger partial charge in [0.05, 0.1) is 12.0 Å². The van der Waals surface area contributed by atoms with Crippen molar-refractivity contribution in [1.82, 2.24) is 10.1 Å². The molecule has 0 atom stereocenters. The van der Waals surface area contributed by atoms with E-state index < -0.39 is 0 Å². The Morgan fingerprint density at radius 2 is 2.31 bits per heavy atom. The van der Waals surface area contributed by atoms with Gasteiger partial charge >= 0.3 is 0 Å². The van der Waals surface area contributed by atoms with E-state index in [4.69, 9.17) is 14.7 Å². The van der Waals surface area contributed by atoms with Crippen molar-refractivity contribution in [2.24, 2.45) is 5.73 Å². The van der Waals surface area contributed by atoms with Crippen LogP contribution in [0.15, 0.2) is 33.4 Å². The van der Waals surface area contributed by atoms with Gasteiger partial charge in [0, 0.05) is 25.7 Å². The van der Waals surface area contributed by atoms with Crippen molar-refractivity contribution >= 4 is 0 Å². The smallest absolute Gasteiger partial charge is 0.202 e. The maximum atomic E-state index is 5.46. The van der Waals surface area contributed by atoms with Gasteiger partial charge in [-0.15, -0.1) is 0 Å². The molecule has 0 bridgehead atoms. The van der Waals surface area contributed by atoms with Crippen LogP contribution < -0.4 is 5.73 Å². The summed E-state index contributed by atoms with van der Waals surface area (Å²) in [6.45, 7) is 2.20. The number of likely N-dealkylation sites (N-methyl/N-ethyl adjacent to an activating group) is 1. The van der Waals surface area contributed by atoms with Crippen molar-refractivity contribution in [2.45, 2.75) is 6.54 Å². The molecule has 0 amide bonds. The zero-order valence-corrected chi connectivity index (χ0v) is 9.22. The van der Waals surface area contributed by atoms with E-state index in [1.807, 2.05) is 25.2 Å². The summed E-state index contributed by atoms with van der Waals surface area (Å²) < 4.78 is 10.4. The fourth-order valence-corrected chi connectivity index (χ4v) is 1.50. The molecule has 0 aromatic carbocycles. The maximum Gasteiger partial charge on any atom is 0.202 e. The Kier molecular flexibility index (Phi) is 3.38. The molecule has 0 unspecified atom stereocenters. The quantitative estimate of drug-likeness (QED) is 0.824. The minimum atomic E-state index is 0.638. The lowest BCUT2D eigenvalue weighted by Gasteiger charge is -2.12. The Morgan fingerprint density at radius 3 is 3.00 bits per heavy atom. The van der Waals surface area contributed by atoms with Gasteiger partial charge in [0.15, 0.2) is 5.76 Å². The predicted molar refractivity (Wildman–Crippen MR) is 59.6 cm³/mol. The molecule has 2 heterocycles. The average Bonchev–Trinajstić information content (AvgIpc) is 2.86. The second kappa shape index (κ2) is 4.96. The second-order valence-electron chi connectivity index (χ2n) is 3.69. The van der Waals surface area contributed by atoms with Gasteiger partial charge in [0.1, 0.15) is 0 Å². The molecule has 0 aliphatic carbocycles. The van der Waals surface area contributed by atoms with Gasteiger partial charge in [-0.2, -0.15) is 0 Å². The first-order valence-corrected chi connectivity index (χ1v) is 5.17. The number of hydrogen-bond donors (Lipinski definition) is 1. The van der Waals surface area contributed by atoms with E-state index in [-0.39, 0.29) is 0 Å². The van der Waals surface area contributed by atoms with E-state index in [9.17, 15) is 0 Å². The monoisotopic (exact) mass is 221 g/mol. The first kappa shape index (κ1) is 10.9. The summed E-state index contributed by atoms with van der Waals surface area (Å²) >= 11 is 0. The lowest BCUT2D eigenvalue weighted by molar-refractivity contribution is 0.319. The highest BCUT2D eigenvalue weighted by atomic mass is 16.5. The van der Waals surface area contributed by atoms with Crippen molar-refractivity contribution in [1.29, 1.82) is 0 Å². The highest BCUT2D eigenvalue weighted by molar-refractivity contribution is 5.49. The fraction of sp³-hybridized carbons (Fsp3) is 0.364. The topological polar surface area (TPSA) is 68.4 Å². The highest BCUT2D eigenvalue weighted by Gasteiger charge is 2.10. The first-order valence-electron chi connectivity index (χ1n) is 5.17. The maximum absolute atomic E-state index is 5.46. The summed E-state index contributed by atoms with van der Waals surface area (Å²) in [5, 5.41) is 3.98. The number of rotatable bonds is 5. The van der Waals surface area contributed by atoms with Crippen LogP contribution >= 0.6 is 0 Å². The van der Waals surface area contributed by atoms with Crippen LogP contribution in [-0.4, -0.2) is 30.2 Å². The van der Waals surface area contributed by atoms with Gasteiger partial charge in [-0.3, -0.25) is 4.90 Å². The molecular formula is C11H15N3O2. The van der Waals surface area contributed by atoms with Crippen LogP contribution in [-0.2, 0) is 6.54 Å². The van der Waals surface area contributed by atoms with Gasteiger partial charge in [-0.05, 0) is 19.2 Å². The Hall–Kier alpha value is -1.59. The predicted octanol–water partition coefficient (Wildman–Crippen LogP) is 1.33. The van der Waals surface area contributed by atoms with Crippen molar-refractivity contribution in [3.05, 3.63) is 30.2 Å². The van der Waals surface area contributed by atoms with E-state index >= 15 is 0 Å². The Bertz CT molecular complexity index is 422. The van der Waals surface area contributed by atoms with Crippen LogP contribution in [0.25, 0.3) is 11.5 Å². The zero-order valence-electron chi connectivity index (χ0n) is 9.22. The molecule has 0 aliphatic heterocycles. The highest BCUT2D eigenvalue weighted by Crippen LogP contribution is 2.20. The summed E-state index contributed by atoms with van der Waals surface area (Å²) in [6, 6.07) is 5.54. The lowest BCUT2D eigenvalue weighted by Crippen LogP contribution is -2.25. The molecule has 2 N–H and O–H groups in total. The summed E-state index contributed by atoms with van der Waals surface area (Å²) in [5.41, 5.74) is 6.34. The van der Waals surface area contributed by atoms with Gasteiger partial charge in [-0.25, -0.2) is 0 Å². The molecule has 16 heavy (non-hydrogen) atoms. The Balaban J connectivity index is 2.03. The van der Waals surface area contributed by atoms with Gasteiger partial charge in [-0.1, -0.05) is 5.16 Å². The third-order valence-electron chi connectivity index (χ3n) is 2.27. The number of nitrogens with zero attached hydrogens (tertiary/aromatic N) is 2. The second-order valence-corrected chi connectivity index (χ2v) is 3.69. The molecule has 2 rings (SSSR count). The van der Waals surface area contributed by atoms with Crippen LogP contribution in [0.3, 0.4) is 0 Å². The van der Waals surface area contributed by atoms with Crippen molar-refractivity contribution < 1.29 is 8.94 Å². The van der Waals surface area contributed by atoms with Gasteiger partial charge < -0.3 is 14.7 Å². The van der Waals surface area contributed by atoms with Crippen LogP contribution in [0.4, 0.5) is 0 Å². The summed E-state index contributed by atoms with van der Waals surface area (Å²) in [6.07, 6.45) is 1.61. The minimum absolute atomic E-state index is 0.638. The molecule has 0 saturated carbocycles. The number of aromatic nitrogens is 1. The lowest BCUT2D eigenvalue weighted by atomic mass is 10.3. The van der Waals surface area contributed by atoms with Crippen molar-refractivity contribution in [3.63, 3.8) is 0 Å². The number of nitrogens with two attached hydrogens (primary N) is 1. The van der Waals surface area contributed by atoms with Gasteiger partial charge in [0.25, 0.3) is 0 Å². The summed E-state index contributed by atoms with van der Waals surface area (Å²) in [5.74, 6) is 1.35. The van der Waals surface area contributed by atoms with Crippen LogP contribution in [0, 0.1) is 0 Å². The summed E-state index contributed by atoms with van der Waals surface area (Å²) in [4.78, 5) is 2.09. The largest absolute Gasteiger partial charge is 0.461 e. The zero-order chi connectivity index (χ0) is 11.4. The van der Waals surface area contributed by atoms with E-state index in [1.54, 1.807) is 6.26 Å². The molecule has 0 fully saturated rings. The molecule has 5 heteroatoms. The Morgan fingerprint density at radius 1 is 1.44 bits per heavy atom. The van der Waals surface area contributed by atoms with Crippen LogP contribution in [0.2, 0.25) is 0 Å². The fourth-order valence-electron chi connectivity index (χ4n) is 1.50. The molecular weight excluding hydrogens is 206 g/mol. The molecule has 0 radical (unpaired) electrons. The Labute approximate surface area is 93.8 Å². The third kappa shape index (κ3) is 2.50. The van der Waals surface area contributed by atoms with Crippen LogP contribution in [0.1, 0.15) is 5.69 Å². The molecule has 2 aromatic rings. The molecule has 0 spiro atoms. The molecule has 0 saturated heterocycles. The average molecular weight is 221 g/mol. The van der Waals surface area contributed by atoms with E-state index in [1.165, 1.54) is 0 Å². The van der Waals surface area contributed by atoms with Crippen molar-refractivity contribution in [2.75, 3.05) is 20.1 Å². The van der Waals surface area contributed by atoms with E-state index in [0.717, 1.165) is 18.8 Å². The van der Waals surface area contributed by atoms with Crippen molar-refractivity contribution in [3.8, 4) is 11.5 Å². The standard InChI is InChI=1S/C11H15N3O2/c1-14(5-4-12)8-9-7-11(16-13-9)10-3-2-6-15-10/h2-3,6-7H,4-5,8,12H2,1H3. The normalized spacial score (nSPS) is 11.2. The third-order valence-corrected chi connectivity index (χ3v) is 2.27. The molecule has 0 aliphatic rings. The van der Waals surface area contributed by atoms with Gasteiger partial charge in [0.2, 0.25) is 5.76 Å². The summed E-state index contributed by atoms with van der Waals surface area (Å²) in [7, 11) is 1.99. The molecule has 86 valence electrons. The van der Waals surface area contributed by atoms with E-state index in [0.29, 0.717) is 18.1 Å². The molecule has 2 aromatic heterocycles. The van der Waals surface area contributed by atoms with E-state index in [2.05, 4.69) is 10.1 Å². The number of hydrogen-bond acceptors (Lipinski definition) is 5.